The third-order valence-corrected chi connectivity index (χ3v) is 11.7. The maximum absolute atomic E-state index is 5.77. The highest BCUT2D eigenvalue weighted by molar-refractivity contribution is 6.00. The number of benzene rings is 5. The van der Waals surface area contributed by atoms with E-state index in [0.717, 1.165) is 112 Å². The van der Waals surface area contributed by atoms with Gasteiger partial charge in [0.2, 0.25) is 0 Å². The minimum Gasteiger partial charge on any atom is -0.497 e. The van der Waals surface area contributed by atoms with Crippen LogP contribution < -0.4 is 9.47 Å². The summed E-state index contributed by atoms with van der Waals surface area (Å²) in [4.78, 5) is 18.6. The Labute approximate surface area is 355 Å². The number of nitrogens with zero attached hydrogens (tertiary/aromatic N) is 2. The van der Waals surface area contributed by atoms with Crippen molar-refractivity contribution in [1.82, 2.24) is 19.9 Å². The summed E-state index contributed by atoms with van der Waals surface area (Å²) in [5, 5.41) is 0. The topological polar surface area (TPSA) is 75.8 Å². The molecule has 0 saturated carbocycles. The van der Waals surface area contributed by atoms with Crippen molar-refractivity contribution < 1.29 is 9.47 Å². The minimum atomic E-state index is 0.771. The average Bonchev–Trinajstić information content (AvgIpc) is 4.14. The molecular weight excluding hydrogens is 749 g/mol. The number of aromatic amines is 2. The number of H-pyrrole nitrogens is 2. The van der Waals surface area contributed by atoms with E-state index in [9.17, 15) is 0 Å². The van der Waals surface area contributed by atoms with Crippen LogP contribution in [-0.2, 0) is 0 Å². The fourth-order valence-corrected chi connectivity index (χ4v) is 8.44. The predicted octanol–water partition coefficient (Wildman–Crippen LogP) is 13.9. The highest BCUT2D eigenvalue weighted by Gasteiger charge is 2.20. The molecule has 0 saturated heterocycles. The van der Waals surface area contributed by atoms with Crippen molar-refractivity contribution in [3.8, 4) is 67.1 Å². The molecule has 10 rings (SSSR count). The molecule has 0 amide bonds. The average molecular weight is 793 g/mol. The third kappa shape index (κ3) is 7.02. The molecule has 5 aromatic carbocycles. The Morgan fingerprint density at radius 1 is 0.361 bits per heavy atom. The number of rotatable bonds is 7. The van der Waals surface area contributed by atoms with Crippen LogP contribution >= 0.6 is 0 Å². The zero-order chi connectivity index (χ0) is 41.6. The Morgan fingerprint density at radius 2 is 0.721 bits per heavy atom. The number of ether oxygens (including phenoxy) is 2. The predicted molar refractivity (Wildman–Crippen MR) is 253 cm³/mol. The highest BCUT2D eigenvalue weighted by atomic mass is 16.5. The highest BCUT2D eigenvalue weighted by Crippen LogP contribution is 2.40. The van der Waals surface area contributed by atoms with Gasteiger partial charge in [0.15, 0.2) is 0 Å². The van der Waals surface area contributed by atoms with Crippen molar-refractivity contribution in [2.45, 2.75) is 20.8 Å². The van der Waals surface area contributed by atoms with Gasteiger partial charge in [-0.25, -0.2) is 9.97 Å². The summed E-state index contributed by atoms with van der Waals surface area (Å²) in [7, 11) is 3.38. The van der Waals surface area contributed by atoms with Crippen LogP contribution in [0.25, 0.3) is 102 Å². The van der Waals surface area contributed by atoms with E-state index in [2.05, 4.69) is 176 Å². The molecule has 296 valence electrons. The summed E-state index contributed by atoms with van der Waals surface area (Å²) >= 11 is 0. The van der Waals surface area contributed by atoms with Crippen LogP contribution in [-0.4, -0.2) is 34.2 Å². The summed E-state index contributed by atoms with van der Waals surface area (Å²) in [6, 6.07) is 49.3. The molecule has 0 atom stereocenters. The fraction of sp³-hybridized carbons (Fsp3) is 0.0909. The molecule has 61 heavy (non-hydrogen) atoms. The van der Waals surface area contributed by atoms with Crippen LogP contribution in [0.4, 0.5) is 0 Å². The Morgan fingerprint density at radius 3 is 1.15 bits per heavy atom. The summed E-state index contributed by atoms with van der Waals surface area (Å²) in [6.45, 7) is 6.35. The van der Waals surface area contributed by atoms with Crippen molar-refractivity contribution in [2.75, 3.05) is 14.2 Å². The lowest BCUT2D eigenvalue weighted by Crippen LogP contribution is -1.91. The first-order chi connectivity index (χ1) is 29.8. The van der Waals surface area contributed by atoms with E-state index in [1.54, 1.807) is 14.2 Å². The van der Waals surface area contributed by atoms with Crippen molar-refractivity contribution >= 4 is 46.4 Å². The van der Waals surface area contributed by atoms with Crippen molar-refractivity contribution in [2.24, 2.45) is 0 Å². The Kier molecular flexibility index (Phi) is 9.53. The molecule has 0 spiro atoms. The van der Waals surface area contributed by atoms with Crippen molar-refractivity contribution in [1.29, 1.82) is 0 Å². The van der Waals surface area contributed by atoms with E-state index < -0.39 is 0 Å². The molecule has 0 radical (unpaired) electrons. The summed E-state index contributed by atoms with van der Waals surface area (Å²) in [5.74, 6) is 1.55. The zero-order valence-electron chi connectivity index (χ0n) is 34.8. The normalized spacial score (nSPS) is 11.9. The van der Waals surface area contributed by atoms with E-state index in [4.69, 9.17) is 19.4 Å². The van der Waals surface area contributed by atoms with Gasteiger partial charge in [-0.05, 0) is 115 Å². The number of hydrogen-bond acceptors (Lipinski definition) is 4. The van der Waals surface area contributed by atoms with E-state index in [1.165, 1.54) is 16.7 Å². The molecule has 0 unspecified atom stereocenters. The molecular formula is C55H44N4O2. The van der Waals surface area contributed by atoms with Crippen LogP contribution in [0.3, 0.4) is 0 Å². The van der Waals surface area contributed by atoms with E-state index in [0.29, 0.717) is 0 Å². The Hall–Kier alpha value is -7.70. The van der Waals surface area contributed by atoms with Crippen LogP contribution in [0.15, 0.2) is 140 Å². The molecule has 2 N–H and O–H groups in total. The lowest BCUT2D eigenvalue weighted by molar-refractivity contribution is 0.404. The second-order valence-electron chi connectivity index (χ2n) is 15.7. The Bertz CT molecular complexity index is 3060. The molecule has 8 bridgehead atoms. The SMILES string of the molecule is COc1ccc(OC)c(-c2ccc(-c3c4ccc([nH]4)c(-c4ccc(C)cc4)c4nc(c(-c5ccc(C)cc5)c5nc(c(-c6ccc(C)cc6)c6ccc3[nH]6)C=C5)C=C4)cc2)c1. The van der Waals surface area contributed by atoms with E-state index in [-0.39, 0.29) is 0 Å². The molecule has 5 heterocycles. The van der Waals surface area contributed by atoms with Gasteiger partial charge in [0.25, 0.3) is 0 Å². The molecule has 3 aromatic heterocycles. The largest absolute Gasteiger partial charge is 0.497 e. The number of aromatic nitrogens is 4. The van der Waals surface area contributed by atoms with E-state index >= 15 is 0 Å². The first kappa shape index (κ1) is 37.6. The van der Waals surface area contributed by atoms with Gasteiger partial charge >= 0.3 is 0 Å². The lowest BCUT2D eigenvalue weighted by atomic mass is 9.99. The lowest BCUT2D eigenvalue weighted by Gasteiger charge is -2.11. The monoisotopic (exact) mass is 792 g/mol. The number of aryl methyl sites for hydroxylation is 3. The standard InChI is InChI=1S/C55H44N4O2/c1-33-6-12-37(13-7-33)52-43-23-25-45(56-43)53(38-14-8-34(2)9-15-38)47-27-29-49(58-47)55(40-20-18-36(19-21-40)42-32-41(60-4)22-31-51(42)61-5)50-30-28-48(59-50)54(46-26-24-44(52)57-46)39-16-10-35(3)11-17-39/h6-32,58-59H,1-5H3. The summed E-state index contributed by atoms with van der Waals surface area (Å²) < 4.78 is 11.4. The third-order valence-electron chi connectivity index (χ3n) is 11.7. The second kappa shape index (κ2) is 15.5. The molecule has 2 aliphatic heterocycles. The van der Waals surface area contributed by atoms with Crippen LogP contribution in [0.5, 0.6) is 11.5 Å². The van der Waals surface area contributed by atoms with Gasteiger partial charge in [-0.2, -0.15) is 0 Å². The van der Waals surface area contributed by atoms with Crippen molar-refractivity contribution in [3.05, 3.63) is 179 Å². The second-order valence-corrected chi connectivity index (χ2v) is 15.7. The molecule has 2 aliphatic rings. The van der Waals surface area contributed by atoms with Crippen LogP contribution in [0, 0.1) is 20.8 Å². The van der Waals surface area contributed by atoms with Crippen molar-refractivity contribution in [3.63, 3.8) is 0 Å². The van der Waals surface area contributed by atoms with Gasteiger partial charge in [0.05, 0.1) is 37.0 Å². The smallest absolute Gasteiger partial charge is 0.126 e. The molecule has 0 fully saturated rings. The fourth-order valence-electron chi connectivity index (χ4n) is 8.44. The van der Waals surface area contributed by atoms with Gasteiger partial charge in [-0.15, -0.1) is 0 Å². The first-order valence-corrected chi connectivity index (χ1v) is 20.5. The van der Waals surface area contributed by atoms with Gasteiger partial charge in [0, 0.05) is 49.9 Å². The summed E-state index contributed by atoms with van der Waals surface area (Å²) in [5.41, 5.74) is 21.3. The maximum atomic E-state index is 5.77. The molecule has 6 nitrogen and oxygen atoms in total. The number of nitrogens with one attached hydrogen (secondary N) is 2. The number of fused-ring (bicyclic) bond motifs is 8. The summed E-state index contributed by atoms with van der Waals surface area (Å²) in [6.07, 6.45) is 8.54. The van der Waals surface area contributed by atoms with Gasteiger partial charge in [0.1, 0.15) is 11.5 Å². The molecule has 8 aromatic rings. The minimum absolute atomic E-state index is 0.771. The number of hydrogen-bond donors (Lipinski definition) is 2. The molecule has 0 aliphatic carbocycles. The maximum Gasteiger partial charge on any atom is 0.126 e. The van der Waals surface area contributed by atoms with Gasteiger partial charge in [-0.1, -0.05) is 114 Å². The first-order valence-electron chi connectivity index (χ1n) is 20.5. The van der Waals surface area contributed by atoms with Gasteiger partial charge < -0.3 is 19.4 Å². The van der Waals surface area contributed by atoms with Crippen LogP contribution in [0.1, 0.15) is 39.5 Å². The Balaban J connectivity index is 1.31. The van der Waals surface area contributed by atoms with Crippen LogP contribution in [0.2, 0.25) is 0 Å². The quantitative estimate of drug-likeness (QED) is 0.169. The zero-order valence-corrected chi connectivity index (χ0v) is 34.8. The van der Waals surface area contributed by atoms with E-state index in [1.807, 2.05) is 18.2 Å². The van der Waals surface area contributed by atoms with Gasteiger partial charge in [-0.3, -0.25) is 0 Å². The molecule has 6 heteroatoms. The number of methoxy groups -OCH3 is 2.